The first kappa shape index (κ1) is 8.77. The fraction of sp³-hybridized carbons (Fsp3) is 0.375. The summed E-state index contributed by atoms with van der Waals surface area (Å²) in [6.45, 7) is 3.69. The van der Waals surface area contributed by atoms with Gasteiger partial charge in [-0.15, -0.1) is 0 Å². The second-order valence-corrected chi connectivity index (χ2v) is 2.68. The number of rotatable bonds is 2. The molecule has 3 nitrogen and oxygen atoms in total. The summed E-state index contributed by atoms with van der Waals surface area (Å²) in [5.74, 6) is -0.342. The number of hydrogen-bond acceptors (Lipinski definition) is 3. The van der Waals surface area contributed by atoms with Gasteiger partial charge in [-0.3, -0.25) is 0 Å². The Morgan fingerprint density at radius 1 is 1.58 bits per heavy atom. The highest BCUT2D eigenvalue weighted by Gasteiger charge is 2.07. The number of ether oxygens (including phenoxy) is 1. The lowest BCUT2D eigenvalue weighted by atomic mass is 10.3. The molecule has 0 radical (unpaired) electrons. The van der Waals surface area contributed by atoms with E-state index in [-0.39, 0.29) is 11.8 Å². The van der Waals surface area contributed by atoms with Crippen molar-refractivity contribution in [3.8, 4) is 5.75 Å². The fourth-order valence-electron chi connectivity index (χ4n) is 0.788. The summed E-state index contributed by atoms with van der Waals surface area (Å²) in [4.78, 5) is 3.37. The molecule has 1 rings (SSSR count). The molecule has 1 heterocycles. The monoisotopic (exact) mass is 170 g/mol. The van der Waals surface area contributed by atoms with Crippen LogP contribution in [0, 0.1) is 5.95 Å². The molecule has 12 heavy (non-hydrogen) atoms. The second-order valence-electron chi connectivity index (χ2n) is 2.68. The Bertz CT molecular complexity index is 276. The summed E-state index contributed by atoms with van der Waals surface area (Å²) in [5, 5.41) is 0. The van der Waals surface area contributed by atoms with Gasteiger partial charge < -0.3 is 10.5 Å². The van der Waals surface area contributed by atoms with Crippen LogP contribution in [0.4, 0.5) is 10.1 Å². The minimum Gasteiger partial charge on any atom is -0.489 e. The molecule has 0 spiro atoms. The molecule has 0 amide bonds. The zero-order valence-electron chi connectivity index (χ0n) is 7.04. The molecule has 0 saturated heterocycles. The highest BCUT2D eigenvalue weighted by Crippen LogP contribution is 2.22. The van der Waals surface area contributed by atoms with Gasteiger partial charge in [0.1, 0.15) is 11.4 Å². The number of hydrogen-bond donors (Lipinski definition) is 1. The zero-order chi connectivity index (χ0) is 9.14. The van der Waals surface area contributed by atoms with Crippen LogP contribution in [0.5, 0.6) is 5.75 Å². The van der Waals surface area contributed by atoms with E-state index >= 15 is 0 Å². The van der Waals surface area contributed by atoms with Crippen LogP contribution in [-0.4, -0.2) is 11.1 Å². The van der Waals surface area contributed by atoms with Crippen molar-refractivity contribution in [3.63, 3.8) is 0 Å². The smallest absolute Gasteiger partial charge is 0.239 e. The van der Waals surface area contributed by atoms with Crippen molar-refractivity contribution < 1.29 is 9.13 Å². The average Bonchev–Trinajstić information content (AvgIpc) is 1.98. The van der Waals surface area contributed by atoms with Crippen molar-refractivity contribution in [1.82, 2.24) is 4.98 Å². The van der Waals surface area contributed by atoms with Gasteiger partial charge in [0.05, 0.1) is 6.10 Å². The van der Waals surface area contributed by atoms with Crippen LogP contribution in [0.1, 0.15) is 13.8 Å². The predicted octanol–water partition coefficient (Wildman–Crippen LogP) is 1.59. The van der Waals surface area contributed by atoms with E-state index in [1.807, 2.05) is 13.8 Å². The summed E-state index contributed by atoms with van der Waals surface area (Å²) in [6.07, 6.45) is 1.30. The molecule has 2 N–H and O–H groups in total. The Morgan fingerprint density at radius 2 is 2.25 bits per heavy atom. The quantitative estimate of drug-likeness (QED) is 0.685. The second kappa shape index (κ2) is 3.38. The van der Waals surface area contributed by atoms with E-state index in [1.54, 1.807) is 6.07 Å². The first-order valence-electron chi connectivity index (χ1n) is 3.68. The molecular formula is C8H11FN2O. The Hall–Kier alpha value is -1.32. The van der Waals surface area contributed by atoms with Crippen molar-refractivity contribution in [2.75, 3.05) is 5.73 Å². The number of nitrogens with two attached hydrogens (primary N) is 1. The molecule has 1 aromatic heterocycles. The van der Waals surface area contributed by atoms with Gasteiger partial charge in [-0.25, -0.2) is 4.98 Å². The normalized spacial score (nSPS) is 10.3. The lowest BCUT2D eigenvalue weighted by molar-refractivity contribution is 0.242. The minimum atomic E-state index is -0.687. The molecule has 4 heteroatoms. The van der Waals surface area contributed by atoms with Gasteiger partial charge in [-0.2, -0.15) is 4.39 Å². The Morgan fingerprint density at radius 3 is 2.83 bits per heavy atom. The van der Waals surface area contributed by atoms with Crippen LogP contribution >= 0.6 is 0 Å². The van der Waals surface area contributed by atoms with Crippen molar-refractivity contribution in [2.45, 2.75) is 20.0 Å². The summed E-state index contributed by atoms with van der Waals surface area (Å²) in [6, 6.07) is 1.54. The van der Waals surface area contributed by atoms with E-state index in [0.717, 1.165) is 0 Å². The third-order valence-electron chi connectivity index (χ3n) is 1.26. The summed E-state index contributed by atoms with van der Waals surface area (Å²) < 4.78 is 17.9. The number of aromatic nitrogens is 1. The van der Waals surface area contributed by atoms with E-state index in [0.29, 0.717) is 5.75 Å². The van der Waals surface area contributed by atoms with Crippen LogP contribution < -0.4 is 10.5 Å². The summed E-state index contributed by atoms with van der Waals surface area (Å²) >= 11 is 0. The molecule has 0 unspecified atom stereocenters. The lowest BCUT2D eigenvalue weighted by Gasteiger charge is -2.11. The SMILES string of the molecule is CC(C)Oc1ccnc(F)c1N. The fourth-order valence-corrected chi connectivity index (χ4v) is 0.788. The molecule has 0 saturated carbocycles. The van der Waals surface area contributed by atoms with Crippen molar-refractivity contribution in [3.05, 3.63) is 18.2 Å². The van der Waals surface area contributed by atoms with Crippen LogP contribution in [0.3, 0.4) is 0 Å². The zero-order valence-corrected chi connectivity index (χ0v) is 7.04. The first-order valence-corrected chi connectivity index (χ1v) is 3.68. The standard InChI is InChI=1S/C8H11FN2O/c1-5(2)12-6-3-4-11-8(9)7(6)10/h3-5H,10H2,1-2H3. The number of pyridine rings is 1. The van der Waals surface area contributed by atoms with Gasteiger partial charge in [0.15, 0.2) is 0 Å². The van der Waals surface area contributed by atoms with Gasteiger partial charge in [0.25, 0.3) is 0 Å². The third kappa shape index (κ3) is 1.84. The number of anilines is 1. The lowest BCUT2D eigenvalue weighted by Crippen LogP contribution is -2.08. The van der Waals surface area contributed by atoms with Crippen LogP contribution in [0.25, 0.3) is 0 Å². The topological polar surface area (TPSA) is 48.1 Å². The molecule has 0 aliphatic rings. The van der Waals surface area contributed by atoms with Crippen molar-refractivity contribution in [1.29, 1.82) is 0 Å². The number of nitrogen functional groups attached to an aromatic ring is 1. The van der Waals surface area contributed by atoms with Crippen LogP contribution in [0.15, 0.2) is 12.3 Å². The molecule has 0 aromatic carbocycles. The van der Waals surface area contributed by atoms with Crippen LogP contribution in [-0.2, 0) is 0 Å². The molecule has 66 valence electrons. The molecule has 0 aliphatic carbocycles. The molecule has 0 atom stereocenters. The molecule has 0 aliphatic heterocycles. The predicted molar refractivity (Wildman–Crippen MR) is 44.4 cm³/mol. The largest absolute Gasteiger partial charge is 0.489 e. The Kier molecular flexibility index (Phi) is 2.47. The summed E-state index contributed by atoms with van der Waals surface area (Å²) in [5.41, 5.74) is 5.33. The number of halogens is 1. The van der Waals surface area contributed by atoms with Gasteiger partial charge in [-0.05, 0) is 13.8 Å². The highest BCUT2D eigenvalue weighted by molar-refractivity contribution is 5.50. The maximum Gasteiger partial charge on any atom is 0.239 e. The third-order valence-corrected chi connectivity index (χ3v) is 1.26. The Labute approximate surface area is 70.4 Å². The van der Waals surface area contributed by atoms with Crippen molar-refractivity contribution in [2.24, 2.45) is 0 Å². The van der Waals surface area contributed by atoms with Gasteiger partial charge >= 0.3 is 0 Å². The average molecular weight is 170 g/mol. The van der Waals surface area contributed by atoms with E-state index in [2.05, 4.69) is 4.98 Å². The Balaban J connectivity index is 2.92. The van der Waals surface area contributed by atoms with E-state index in [4.69, 9.17) is 10.5 Å². The molecule has 0 bridgehead atoms. The van der Waals surface area contributed by atoms with E-state index in [1.165, 1.54) is 6.20 Å². The maximum atomic E-state index is 12.7. The number of nitrogens with zero attached hydrogens (tertiary/aromatic N) is 1. The van der Waals surface area contributed by atoms with Gasteiger partial charge in [-0.1, -0.05) is 0 Å². The maximum absolute atomic E-state index is 12.7. The molecule has 1 aromatic rings. The molecular weight excluding hydrogens is 159 g/mol. The van der Waals surface area contributed by atoms with Gasteiger partial charge in [0.2, 0.25) is 5.95 Å². The highest BCUT2D eigenvalue weighted by atomic mass is 19.1. The summed E-state index contributed by atoms with van der Waals surface area (Å²) in [7, 11) is 0. The van der Waals surface area contributed by atoms with Gasteiger partial charge in [0, 0.05) is 12.3 Å². The van der Waals surface area contributed by atoms with E-state index in [9.17, 15) is 4.39 Å². The minimum absolute atomic E-state index is 0.0194. The van der Waals surface area contributed by atoms with Crippen molar-refractivity contribution >= 4 is 5.69 Å². The van der Waals surface area contributed by atoms with E-state index < -0.39 is 5.95 Å². The first-order chi connectivity index (χ1) is 5.61. The van der Waals surface area contributed by atoms with Crippen LogP contribution in [0.2, 0.25) is 0 Å². The molecule has 0 fully saturated rings.